The lowest BCUT2D eigenvalue weighted by atomic mass is 9.97. The molecule has 0 bridgehead atoms. The Labute approximate surface area is 122 Å². The number of nitrogens with zero attached hydrogens (tertiary/aromatic N) is 4. The molecule has 2 aliphatic rings. The lowest BCUT2D eigenvalue weighted by molar-refractivity contribution is 0.380. The minimum absolute atomic E-state index is 0.282. The molecule has 21 heavy (non-hydrogen) atoms. The van der Waals surface area contributed by atoms with Gasteiger partial charge in [0.15, 0.2) is 5.65 Å². The molecular weight excluding hydrogens is 268 g/mol. The maximum Gasteiger partial charge on any atom is 0.364 e. The predicted octanol–water partition coefficient (Wildman–Crippen LogP) is 0.386. The zero-order valence-corrected chi connectivity index (χ0v) is 12.0. The minimum Gasteiger partial charge on any atom is -0.355 e. The van der Waals surface area contributed by atoms with Gasteiger partial charge in [-0.3, -0.25) is 0 Å². The molecule has 0 amide bonds. The third kappa shape index (κ3) is 2.65. The molecule has 1 aliphatic carbocycles. The van der Waals surface area contributed by atoms with Crippen LogP contribution in [0.4, 0.5) is 5.82 Å². The average Bonchev–Trinajstić information content (AvgIpc) is 3.29. The number of H-pyrrole nitrogens is 1. The second kappa shape index (κ2) is 5.14. The first kappa shape index (κ1) is 12.8. The summed E-state index contributed by atoms with van der Waals surface area (Å²) < 4.78 is 1.33. The van der Waals surface area contributed by atoms with E-state index in [-0.39, 0.29) is 5.69 Å². The first-order valence-electron chi connectivity index (χ1n) is 7.72. The predicted molar refractivity (Wildman–Crippen MR) is 79.6 cm³/mol. The van der Waals surface area contributed by atoms with Crippen LogP contribution in [0.5, 0.6) is 0 Å². The third-order valence-electron chi connectivity index (χ3n) is 4.47. The van der Waals surface area contributed by atoms with Crippen molar-refractivity contribution in [3.8, 4) is 0 Å². The smallest absolute Gasteiger partial charge is 0.355 e. The van der Waals surface area contributed by atoms with E-state index in [0.29, 0.717) is 5.65 Å². The van der Waals surface area contributed by atoms with Crippen molar-refractivity contribution in [2.75, 3.05) is 24.5 Å². The molecule has 4 rings (SSSR count). The number of piperidine rings is 1. The normalized spacial score (nSPS) is 20.3. The Hall–Kier alpha value is -1.89. The summed E-state index contributed by atoms with van der Waals surface area (Å²) in [4.78, 5) is 13.8. The van der Waals surface area contributed by atoms with E-state index in [9.17, 15) is 4.79 Å². The molecule has 2 aromatic heterocycles. The van der Waals surface area contributed by atoms with E-state index in [2.05, 4.69) is 25.5 Å². The first-order valence-corrected chi connectivity index (χ1v) is 7.72. The highest BCUT2D eigenvalue weighted by Gasteiger charge is 2.24. The summed E-state index contributed by atoms with van der Waals surface area (Å²) in [6.07, 6.45) is 5.06. The van der Waals surface area contributed by atoms with Crippen LogP contribution in [0.1, 0.15) is 25.7 Å². The minimum atomic E-state index is -0.282. The Bertz CT molecular complexity index is 680. The molecule has 2 N–H and O–H groups in total. The fourth-order valence-corrected chi connectivity index (χ4v) is 2.95. The molecule has 0 unspecified atom stereocenters. The molecule has 0 atom stereocenters. The topological polar surface area (TPSA) is 78.3 Å². The van der Waals surface area contributed by atoms with E-state index in [1.165, 1.54) is 30.2 Å². The van der Waals surface area contributed by atoms with E-state index < -0.39 is 0 Å². The summed E-state index contributed by atoms with van der Waals surface area (Å²) in [5.41, 5.74) is 0.280. The molecule has 1 saturated heterocycles. The van der Waals surface area contributed by atoms with Gasteiger partial charge in [-0.05, 0) is 50.3 Å². The van der Waals surface area contributed by atoms with Crippen LogP contribution in [0.2, 0.25) is 0 Å². The molecule has 7 heteroatoms. The molecule has 2 fully saturated rings. The van der Waals surface area contributed by atoms with Gasteiger partial charge in [-0.25, -0.2) is 9.89 Å². The lowest BCUT2D eigenvalue weighted by Gasteiger charge is -2.32. The van der Waals surface area contributed by atoms with Crippen molar-refractivity contribution in [1.82, 2.24) is 25.1 Å². The van der Waals surface area contributed by atoms with Gasteiger partial charge in [0.25, 0.3) is 0 Å². The second-order valence-electron chi connectivity index (χ2n) is 6.10. The van der Waals surface area contributed by atoms with Gasteiger partial charge in [-0.1, -0.05) is 0 Å². The molecule has 0 aromatic carbocycles. The van der Waals surface area contributed by atoms with Crippen LogP contribution in [0.3, 0.4) is 0 Å². The maximum atomic E-state index is 11.6. The molecule has 0 spiro atoms. The van der Waals surface area contributed by atoms with Crippen LogP contribution in [-0.2, 0) is 0 Å². The molecule has 1 saturated carbocycles. The van der Waals surface area contributed by atoms with E-state index >= 15 is 0 Å². The number of aromatic amines is 1. The van der Waals surface area contributed by atoms with Gasteiger partial charge < -0.3 is 10.2 Å². The standard InChI is InChI=1S/C14H20N6O/c21-14-17-16-12-3-4-13(18-20(12)14)19-7-5-10(6-8-19)9-15-11-1-2-11/h3-4,10-11,15H,1-2,5-9H2,(H,17,21). The number of rotatable bonds is 4. The van der Waals surface area contributed by atoms with Crippen LogP contribution < -0.4 is 15.9 Å². The van der Waals surface area contributed by atoms with Crippen molar-refractivity contribution in [3.05, 3.63) is 22.6 Å². The zero-order chi connectivity index (χ0) is 14.2. The molecule has 112 valence electrons. The Morgan fingerprint density at radius 2 is 2.05 bits per heavy atom. The van der Waals surface area contributed by atoms with Crippen LogP contribution >= 0.6 is 0 Å². The van der Waals surface area contributed by atoms with Gasteiger partial charge >= 0.3 is 5.69 Å². The number of hydrogen-bond acceptors (Lipinski definition) is 5. The number of hydrogen-bond donors (Lipinski definition) is 2. The van der Waals surface area contributed by atoms with Crippen molar-refractivity contribution in [2.45, 2.75) is 31.7 Å². The highest BCUT2D eigenvalue weighted by atomic mass is 16.2. The SMILES string of the molecule is O=c1[nH]nc2ccc(N3CCC(CNC4CC4)CC3)nn12. The quantitative estimate of drug-likeness (QED) is 0.851. The van der Waals surface area contributed by atoms with Crippen molar-refractivity contribution < 1.29 is 0 Å². The lowest BCUT2D eigenvalue weighted by Crippen LogP contribution is -2.38. The van der Waals surface area contributed by atoms with Crippen LogP contribution in [-0.4, -0.2) is 45.5 Å². The summed E-state index contributed by atoms with van der Waals surface area (Å²) in [6.45, 7) is 3.15. The van der Waals surface area contributed by atoms with Crippen LogP contribution in [0.25, 0.3) is 5.65 Å². The van der Waals surface area contributed by atoms with E-state index in [1.807, 2.05) is 12.1 Å². The molecule has 2 aromatic rings. The van der Waals surface area contributed by atoms with Gasteiger partial charge in [0.05, 0.1) is 0 Å². The molecule has 0 radical (unpaired) electrons. The maximum absolute atomic E-state index is 11.6. The zero-order valence-electron chi connectivity index (χ0n) is 12.0. The van der Waals surface area contributed by atoms with E-state index in [1.54, 1.807) is 0 Å². The Kier molecular flexibility index (Phi) is 3.14. The van der Waals surface area contributed by atoms with Crippen molar-refractivity contribution in [3.63, 3.8) is 0 Å². The van der Waals surface area contributed by atoms with Gasteiger partial charge in [0.1, 0.15) is 5.82 Å². The van der Waals surface area contributed by atoms with Crippen molar-refractivity contribution >= 4 is 11.5 Å². The number of anilines is 1. The Balaban J connectivity index is 1.41. The first-order chi connectivity index (χ1) is 10.3. The van der Waals surface area contributed by atoms with E-state index in [0.717, 1.165) is 37.4 Å². The number of nitrogens with one attached hydrogen (secondary N) is 2. The van der Waals surface area contributed by atoms with Gasteiger partial charge in [-0.15, -0.1) is 5.10 Å². The fourth-order valence-electron chi connectivity index (χ4n) is 2.95. The monoisotopic (exact) mass is 288 g/mol. The van der Waals surface area contributed by atoms with Gasteiger partial charge in [0, 0.05) is 19.1 Å². The van der Waals surface area contributed by atoms with Crippen LogP contribution in [0, 0.1) is 5.92 Å². The van der Waals surface area contributed by atoms with E-state index in [4.69, 9.17) is 0 Å². The summed E-state index contributed by atoms with van der Waals surface area (Å²) in [5.74, 6) is 1.63. The summed E-state index contributed by atoms with van der Waals surface area (Å²) in [5, 5.41) is 14.3. The number of aromatic nitrogens is 4. The van der Waals surface area contributed by atoms with Crippen molar-refractivity contribution in [2.24, 2.45) is 5.92 Å². The summed E-state index contributed by atoms with van der Waals surface area (Å²) in [7, 11) is 0. The molecule has 1 aliphatic heterocycles. The second-order valence-corrected chi connectivity index (χ2v) is 6.10. The Morgan fingerprint density at radius 3 is 2.81 bits per heavy atom. The average molecular weight is 288 g/mol. The Morgan fingerprint density at radius 1 is 1.24 bits per heavy atom. The van der Waals surface area contributed by atoms with Crippen LogP contribution in [0.15, 0.2) is 16.9 Å². The highest BCUT2D eigenvalue weighted by molar-refractivity contribution is 5.45. The van der Waals surface area contributed by atoms with Crippen molar-refractivity contribution in [1.29, 1.82) is 0 Å². The molecule has 7 nitrogen and oxygen atoms in total. The summed E-state index contributed by atoms with van der Waals surface area (Å²) >= 11 is 0. The van der Waals surface area contributed by atoms with Gasteiger partial charge in [0.2, 0.25) is 0 Å². The molecule has 3 heterocycles. The molecular formula is C14H20N6O. The third-order valence-corrected chi connectivity index (χ3v) is 4.47. The largest absolute Gasteiger partial charge is 0.364 e. The summed E-state index contributed by atoms with van der Waals surface area (Å²) in [6, 6.07) is 4.57. The van der Waals surface area contributed by atoms with Gasteiger partial charge in [-0.2, -0.15) is 9.61 Å². The number of fused-ring (bicyclic) bond motifs is 1. The fraction of sp³-hybridized carbons (Fsp3) is 0.643. The highest BCUT2D eigenvalue weighted by Crippen LogP contribution is 2.23.